The largest absolute Gasteiger partial charge is 1.00 e. The minimum atomic E-state index is -0.985. The van der Waals surface area contributed by atoms with Crippen LogP contribution in [-0.2, 0) is 10.9 Å². The van der Waals surface area contributed by atoms with Crippen LogP contribution < -0.4 is 17.0 Å². The Kier molecular flexibility index (Phi) is 14.4. The molecule has 0 saturated heterocycles. The van der Waals surface area contributed by atoms with Gasteiger partial charge in [0.15, 0.2) is 0 Å². The third kappa shape index (κ3) is 9.00. The summed E-state index contributed by atoms with van der Waals surface area (Å²) in [5.41, 5.74) is 2.04. The number of hydrogen-bond acceptors (Lipinski definition) is 2. The molecule has 0 aromatic heterocycles. The molecule has 0 N–H and O–H groups in total. The summed E-state index contributed by atoms with van der Waals surface area (Å²) >= 11 is 0. The van der Waals surface area contributed by atoms with Gasteiger partial charge in [0, 0.05) is 7.26 Å². The molecule has 0 aliphatic rings. The van der Waals surface area contributed by atoms with Crippen LogP contribution in [0.15, 0.2) is 24.3 Å². The van der Waals surface area contributed by atoms with E-state index in [9.17, 15) is 4.79 Å². The van der Waals surface area contributed by atoms with Crippen LogP contribution in [0.4, 0.5) is 0 Å². The predicted octanol–water partition coefficient (Wildman–Crippen LogP) is 3.79. The van der Waals surface area contributed by atoms with Gasteiger partial charge in [-0.2, -0.15) is 0 Å². The normalized spacial score (nSPS) is 11.1. The van der Waals surface area contributed by atoms with Crippen molar-refractivity contribution in [3.63, 3.8) is 0 Å². The van der Waals surface area contributed by atoms with Crippen LogP contribution in [0.2, 0.25) is 0 Å². The second-order valence-electron chi connectivity index (χ2n) is 7.15. The van der Waals surface area contributed by atoms with Crippen molar-refractivity contribution >= 4 is 13.2 Å². The standard InChI is InChI=1S/C22H38O2P.BrH/c1-5-9-15-25(16-10-6-2,17-11-7-3)19-20-13-12-14-21(18-20)22(23)24-8-4;/h12-14,18H,5-11,15-17,19H2,1-4H3;1H/q+1;/p-1. The molecule has 1 rings (SSSR count). The number of esters is 1. The SMILES string of the molecule is CCCC[P+](CCCC)(CCCC)Cc1cccc(C(=O)OCC)c1.[Br-]. The molecule has 0 atom stereocenters. The second kappa shape index (κ2) is 14.6. The van der Waals surface area contributed by atoms with Crippen molar-refractivity contribution < 1.29 is 26.5 Å². The molecule has 4 heteroatoms. The van der Waals surface area contributed by atoms with Crippen LogP contribution in [-0.4, -0.2) is 31.1 Å². The van der Waals surface area contributed by atoms with Crippen LogP contribution >= 0.6 is 7.26 Å². The molecular formula is C22H38BrO2P. The van der Waals surface area contributed by atoms with Gasteiger partial charge in [-0.25, -0.2) is 4.79 Å². The lowest BCUT2D eigenvalue weighted by molar-refractivity contribution is -0.0000235. The highest BCUT2D eigenvalue weighted by Gasteiger charge is 2.35. The van der Waals surface area contributed by atoms with Crippen LogP contribution in [0, 0.1) is 0 Å². The van der Waals surface area contributed by atoms with Crippen molar-refractivity contribution in [1.29, 1.82) is 0 Å². The van der Waals surface area contributed by atoms with E-state index in [2.05, 4.69) is 32.9 Å². The summed E-state index contributed by atoms with van der Waals surface area (Å²) in [6.07, 6.45) is 13.3. The number of carbonyl (C=O) groups excluding carboxylic acids is 1. The van der Waals surface area contributed by atoms with Gasteiger partial charge in [0.2, 0.25) is 0 Å². The lowest BCUT2D eigenvalue weighted by Gasteiger charge is -2.28. The summed E-state index contributed by atoms with van der Waals surface area (Å²) < 4.78 is 5.18. The Morgan fingerprint density at radius 2 is 1.46 bits per heavy atom. The molecule has 0 unspecified atom stereocenters. The molecule has 0 heterocycles. The lowest BCUT2D eigenvalue weighted by atomic mass is 10.1. The highest BCUT2D eigenvalue weighted by Crippen LogP contribution is 2.63. The zero-order valence-corrected chi connectivity index (χ0v) is 19.7. The summed E-state index contributed by atoms with van der Waals surface area (Å²) in [6, 6.07) is 8.19. The maximum atomic E-state index is 12.1. The monoisotopic (exact) mass is 444 g/mol. The van der Waals surface area contributed by atoms with Crippen molar-refractivity contribution in [2.45, 2.75) is 72.4 Å². The number of rotatable bonds is 13. The third-order valence-electron chi connectivity index (χ3n) is 4.91. The molecule has 0 bridgehead atoms. The van der Waals surface area contributed by atoms with Gasteiger partial charge in [-0.1, -0.05) is 52.2 Å². The Hall–Kier alpha value is -0.400. The van der Waals surface area contributed by atoms with E-state index in [1.807, 2.05) is 19.1 Å². The van der Waals surface area contributed by atoms with Crippen molar-refractivity contribution in [2.24, 2.45) is 0 Å². The van der Waals surface area contributed by atoms with E-state index >= 15 is 0 Å². The summed E-state index contributed by atoms with van der Waals surface area (Å²) in [4.78, 5) is 12.1. The van der Waals surface area contributed by atoms with E-state index in [1.165, 1.54) is 68.7 Å². The van der Waals surface area contributed by atoms with Gasteiger partial charge in [-0.3, -0.25) is 0 Å². The highest BCUT2D eigenvalue weighted by atomic mass is 79.9. The predicted molar refractivity (Wildman–Crippen MR) is 112 cm³/mol. The molecule has 0 saturated carbocycles. The van der Waals surface area contributed by atoms with Crippen LogP contribution in [0.25, 0.3) is 0 Å². The number of carbonyl (C=O) groups is 1. The maximum Gasteiger partial charge on any atom is 0.338 e. The fourth-order valence-corrected chi connectivity index (χ4v) is 8.53. The van der Waals surface area contributed by atoms with Gasteiger partial charge in [-0.15, -0.1) is 0 Å². The number of unbranched alkanes of at least 4 members (excludes halogenated alkanes) is 3. The molecule has 0 fully saturated rings. The fourth-order valence-electron chi connectivity index (χ4n) is 3.45. The average molecular weight is 445 g/mol. The quantitative estimate of drug-likeness (QED) is 0.341. The Bertz CT molecular complexity index is 483. The number of halogens is 1. The van der Waals surface area contributed by atoms with E-state index in [1.54, 1.807) is 0 Å². The minimum absolute atomic E-state index is 0. The first-order valence-electron chi connectivity index (χ1n) is 10.2. The smallest absolute Gasteiger partial charge is 0.338 e. The van der Waals surface area contributed by atoms with E-state index in [0.717, 1.165) is 0 Å². The maximum absolute atomic E-state index is 12.1. The first-order chi connectivity index (χ1) is 12.1. The average Bonchev–Trinajstić information content (AvgIpc) is 2.63. The first-order valence-corrected chi connectivity index (χ1v) is 12.7. The molecule has 150 valence electrons. The Morgan fingerprint density at radius 1 is 0.923 bits per heavy atom. The van der Waals surface area contributed by atoms with Crippen LogP contribution in [0.1, 0.15) is 82.1 Å². The molecule has 2 nitrogen and oxygen atoms in total. The summed E-state index contributed by atoms with van der Waals surface area (Å²) in [5.74, 6) is -0.191. The number of benzene rings is 1. The fraction of sp³-hybridized carbons (Fsp3) is 0.682. The van der Waals surface area contributed by atoms with E-state index in [-0.39, 0.29) is 23.0 Å². The van der Waals surface area contributed by atoms with Gasteiger partial charge in [0.05, 0.1) is 36.8 Å². The van der Waals surface area contributed by atoms with Gasteiger partial charge < -0.3 is 21.7 Å². The topological polar surface area (TPSA) is 26.3 Å². The molecule has 0 aliphatic carbocycles. The Labute approximate surface area is 172 Å². The zero-order chi connectivity index (χ0) is 18.5. The summed E-state index contributed by atoms with van der Waals surface area (Å²) in [5, 5.41) is 0. The van der Waals surface area contributed by atoms with E-state index in [0.29, 0.717) is 12.2 Å². The lowest BCUT2D eigenvalue weighted by Crippen LogP contribution is -3.00. The van der Waals surface area contributed by atoms with E-state index < -0.39 is 7.26 Å². The first kappa shape index (κ1) is 25.6. The Morgan fingerprint density at radius 3 is 1.92 bits per heavy atom. The molecule has 0 aliphatic heterocycles. The molecular weight excluding hydrogens is 407 g/mol. The van der Waals surface area contributed by atoms with Gasteiger partial charge in [0.1, 0.15) is 0 Å². The van der Waals surface area contributed by atoms with Gasteiger partial charge >= 0.3 is 5.97 Å². The van der Waals surface area contributed by atoms with E-state index in [4.69, 9.17) is 4.74 Å². The molecule has 0 amide bonds. The Balaban J connectivity index is 0.00000625. The summed E-state index contributed by atoms with van der Waals surface area (Å²) in [6.45, 7) is 9.20. The van der Waals surface area contributed by atoms with Crippen molar-refractivity contribution in [1.82, 2.24) is 0 Å². The number of ether oxygens (including phenoxy) is 1. The molecule has 1 aromatic rings. The van der Waals surface area contributed by atoms with Crippen molar-refractivity contribution in [2.75, 3.05) is 25.1 Å². The highest BCUT2D eigenvalue weighted by molar-refractivity contribution is 7.75. The molecule has 1 aromatic carbocycles. The second-order valence-corrected chi connectivity index (χ2v) is 11.5. The van der Waals surface area contributed by atoms with Crippen LogP contribution in [0.3, 0.4) is 0 Å². The third-order valence-corrected chi connectivity index (χ3v) is 9.74. The van der Waals surface area contributed by atoms with Crippen molar-refractivity contribution in [3.8, 4) is 0 Å². The molecule has 26 heavy (non-hydrogen) atoms. The molecule has 0 spiro atoms. The van der Waals surface area contributed by atoms with Crippen molar-refractivity contribution in [3.05, 3.63) is 35.4 Å². The summed E-state index contributed by atoms with van der Waals surface area (Å²) in [7, 11) is -0.985. The minimum Gasteiger partial charge on any atom is -1.00 e. The van der Waals surface area contributed by atoms with Gasteiger partial charge in [-0.05, 0) is 43.9 Å². The molecule has 0 radical (unpaired) electrons. The van der Waals surface area contributed by atoms with Gasteiger partial charge in [0.25, 0.3) is 0 Å². The zero-order valence-electron chi connectivity index (χ0n) is 17.2. The van der Waals surface area contributed by atoms with Crippen LogP contribution in [0.5, 0.6) is 0 Å². The number of hydrogen-bond donors (Lipinski definition) is 0.